The first-order chi connectivity index (χ1) is 9.67. The fourth-order valence-corrected chi connectivity index (χ4v) is 3.87. The zero-order valence-corrected chi connectivity index (χ0v) is 12.8. The van der Waals surface area contributed by atoms with Crippen molar-refractivity contribution in [1.29, 1.82) is 0 Å². The summed E-state index contributed by atoms with van der Waals surface area (Å²) in [6, 6.07) is 8.51. The lowest BCUT2D eigenvalue weighted by Crippen LogP contribution is -2.26. The van der Waals surface area contributed by atoms with Crippen molar-refractivity contribution >= 4 is 17.7 Å². The summed E-state index contributed by atoms with van der Waals surface area (Å²) in [5.74, 6) is 0.434. The third-order valence-electron chi connectivity index (χ3n) is 3.76. The highest BCUT2D eigenvalue weighted by atomic mass is 32.2. The predicted molar refractivity (Wildman–Crippen MR) is 84.2 cm³/mol. The molecule has 1 aromatic rings. The molecule has 3 nitrogen and oxygen atoms in total. The van der Waals surface area contributed by atoms with Crippen molar-refractivity contribution in [2.45, 2.75) is 50.4 Å². The molecule has 1 aliphatic rings. The SMILES string of the molecule is CCSC1CCC(NCc2ccc(CC(=O)O)cc2)C1. The molecule has 0 bridgehead atoms. The summed E-state index contributed by atoms with van der Waals surface area (Å²) < 4.78 is 0. The van der Waals surface area contributed by atoms with Crippen molar-refractivity contribution in [1.82, 2.24) is 5.32 Å². The van der Waals surface area contributed by atoms with Crippen LogP contribution in [0.2, 0.25) is 0 Å². The molecule has 20 heavy (non-hydrogen) atoms. The van der Waals surface area contributed by atoms with Crippen LogP contribution in [0.25, 0.3) is 0 Å². The fraction of sp³-hybridized carbons (Fsp3) is 0.562. The van der Waals surface area contributed by atoms with Crippen LogP contribution in [0.4, 0.5) is 0 Å². The van der Waals surface area contributed by atoms with Gasteiger partial charge in [0.25, 0.3) is 0 Å². The Morgan fingerprint density at radius 3 is 2.65 bits per heavy atom. The molecule has 2 N–H and O–H groups in total. The number of thioether (sulfide) groups is 1. The van der Waals surface area contributed by atoms with E-state index in [9.17, 15) is 4.79 Å². The first-order valence-electron chi connectivity index (χ1n) is 7.32. The number of benzene rings is 1. The van der Waals surface area contributed by atoms with E-state index in [1.54, 1.807) is 0 Å². The third kappa shape index (κ3) is 4.84. The number of aliphatic carboxylic acids is 1. The molecule has 0 saturated heterocycles. The highest BCUT2D eigenvalue weighted by molar-refractivity contribution is 7.99. The molecule has 1 saturated carbocycles. The minimum atomic E-state index is -0.777. The summed E-state index contributed by atoms with van der Waals surface area (Å²) in [7, 11) is 0. The first kappa shape index (κ1) is 15.4. The number of hydrogen-bond acceptors (Lipinski definition) is 3. The van der Waals surface area contributed by atoms with Crippen LogP contribution in [-0.2, 0) is 17.8 Å². The molecular weight excluding hydrogens is 270 g/mol. The Labute approximate surface area is 125 Å². The van der Waals surface area contributed by atoms with Gasteiger partial charge in [-0.15, -0.1) is 0 Å². The molecule has 2 unspecified atom stereocenters. The quantitative estimate of drug-likeness (QED) is 0.811. The molecule has 2 rings (SSSR count). The van der Waals surface area contributed by atoms with Crippen molar-refractivity contribution in [3.05, 3.63) is 35.4 Å². The van der Waals surface area contributed by atoms with E-state index in [0.29, 0.717) is 6.04 Å². The Balaban J connectivity index is 1.75. The van der Waals surface area contributed by atoms with Crippen molar-refractivity contribution in [3.8, 4) is 0 Å². The highest BCUT2D eigenvalue weighted by Crippen LogP contribution is 2.29. The van der Waals surface area contributed by atoms with Crippen molar-refractivity contribution in [2.24, 2.45) is 0 Å². The Kier molecular flexibility index (Phi) is 5.92. The number of hydrogen-bond donors (Lipinski definition) is 2. The molecule has 0 aromatic heterocycles. The van der Waals surface area contributed by atoms with Gasteiger partial charge in [0.2, 0.25) is 0 Å². The summed E-state index contributed by atoms with van der Waals surface area (Å²) >= 11 is 2.08. The lowest BCUT2D eigenvalue weighted by Gasteiger charge is -2.13. The second-order valence-corrected chi connectivity index (χ2v) is 6.93. The lowest BCUT2D eigenvalue weighted by molar-refractivity contribution is -0.136. The third-order valence-corrected chi connectivity index (χ3v) is 4.99. The summed E-state index contributed by atoms with van der Waals surface area (Å²) in [5, 5.41) is 13.2. The highest BCUT2D eigenvalue weighted by Gasteiger charge is 2.23. The maximum atomic E-state index is 10.6. The molecule has 0 heterocycles. The van der Waals surface area contributed by atoms with Crippen LogP contribution in [0.15, 0.2) is 24.3 Å². The van der Waals surface area contributed by atoms with Gasteiger partial charge in [-0.1, -0.05) is 31.2 Å². The molecule has 0 radical (unpaired) electrons. The van der Waals surface area contributed by atoms with E-state index in [2.05, 4.69) is 24.0 Å². The second kappa shape index (κ2) is 7.70. The van der Waals surface area contributed by atoms with E-state index in [1.165, 1.54) is 30.6 Å². The van der Waals surface area contributed by atoms with Crippen LogP contribution in [0, 0.1) is 0 Å². The summed E-state index contributed by atoms with van der Waals surface area (Å²) in [6.45, 7) is 3.10. The molecule has 0 amide bonds. The average molecular weight is 293 g/mol. The van der Waals surface area contributed by atoms with Gasteiger partial charge in [-0.3, -0.25) is 4.79 Å². The Bertz CT molecular complexity index is 433. The zero-order chi connectivity index (χ0) is 14.4. The monoisotopic (exact) mass is 293 g/mol. The molecule has 0 spiro atoms. The summed E-state index contributed by atoms with van der Waals surface area (Å²) in [5.41, 5.74) is 2.09. The average Bonchev–Trinajstić information content (AvgIpc) is 2.86. The van der Waals surface area contributed by atoms with Gasteiger partial charge >= 0.3 is 5.97 Å². The van der Waals surface area contributed by atoms with Crippen LogP contribution in [0.3, 0.4) is 0 Å². The normalized spacial score (nSPS) is 22.1. The van der Waals surface area contributed by atoms with E-state index >= 15 is 0 Å². The molecule has 4 heteroatoms. The summed E-state index contributed by atoms with van der Waals surface area (Å²) in [6.07, 6.45) is 3.98. The Morgan fingerprint density at radius 2 is 2.00 bits per heavy atom. The second-order valence-electron chi connectivity index (χ2n) is 5.36. The van der Waals surface area contributed by atoms with Gasteiger partial charge < -0.3 is 10.4 Å². The standard InChI is InChI=1S/C16H23NO2S/c1-2-20-15-8-7-14(10-15)17-11-13-5-3-12(4-6-13)9-16(18)19/h3-6,14-15,17H,2,7-11H2,1H3,(H,18,19). The first-order valence-corrected chi connectivity index (χ1v) is 8.37. The molecule has 1 fully saturated rings. The van der Waals surface area contributed by atoms with Crippen LogP contribution in [0.5, 0.6) is 0 Å². The van der Waals surface area contributed by atoms with Gasteiger partial charge in [0, 0.05) is 17.8 Å². The zero-order valence-electron chi connectivity index (χ0n) is 12.0. The molecule has 2 atom stereocenters. The molecule has 0 aliphatic heterocycles. The lowest BCUT2D eigenvalue weighted by atomic mass is 10.1. The fourth-order valence-electron chi connectivity index (χ4n) is 2.72. The molecule has 1 aliphatic carbocycles. The number of carboxylic acid groups (broad SMARTS) is 1. The molecule has 110 valence electrons. The van der Waals surface area contributed by atoms with Crippen LogP contribution in [-0.4, -0.2) is 28.1 Å². The van der Waals surface area contributed by atoms with Crippen LogP contribution < -0.4 is 5.32 Å². The van der Waals surface area contributed by atoms with Gasteiger partial charge in [-0.2, -0.15) is 11.8 Å². The van der Waals surface area contributed by atoms with Gasteiger partial charge in [0.15, 0.2) is 0 Å². The minimum absolute atomic E-state index is 0.103. The van der Waals surface area contributed by atoms with Crippen molar-refractivity contribution in [2.75, 3.05) is 5.75 Å². The Morgan fingerprint density at radius 1 is 1.30 bits per heavy atom. The van der Waals surface area contributed by atoms with E-state index < -0.39 is 5.97 Å². The van der Waals surface area contributed by atoms with E-state index in [0.717, 1.165) is 17.4 Å². The predicted octanol–water partition coefficient (Wildman–Crippen LogP) is 3.08. The van der Waals surface area contributed by atoms with Gasteiger partial charge in [0.1, 0.15) is 0 Å². The number of nitrogens with one attached hydrogen (secondary N) is 1. The van der Waals surface area contributed by atoms with Crippen molar-refractivity contribution in [3.63, 3.8) is 0 Å². The van der Waals surface area contributed by atoms with E-state index in [1.807, 2.05) is 24.3 Å². The van der Waals surface area contributed by atoms with Crippen molar-refractivity contribution < 1.29 is 9.90 Å². The van der Waals surface area contributed by atoms with E-state index in [-0.39, 0.29) is 6.42 Å². The van der Waals surface area contributed by atoms with E-state index in [4.69, 9.17) is 5.11 Å². The minimum Gasteiger partial charge on any atom is -0.481 e. The van der Waals surface area contributed by atoms with Gasteiger partial charge in [-0.05, 0) is 36.1 Å². The Hall–Kier alpha value is -1.00. The van der Waals surface area contributed by atoms with Crippen LogP contribution in [0.1, 0.15) is 37.3 Å². The largest absolute Gasteiger partial charge is 0.481 e. The summed E-state index contributed by atoms with van der Waals surface area (Å²) in [4.78, 5) is 10.6. The van der Waals surface area contributed by atoms with Gasteiger partial charge in [-0.25, -0.2) is 0 Å². The topological polar surface area (TPSA) is 49.3 Å². The van der Waals surface area contributed by atoms with Crippen LogP contribution >= 0.6 is 11.8 Å². The maximum absolute atomic E-state index is 10.6. The molecular formula is C16H23NO2S. The number of carboxylic acids is 1. The smallest absolute Gasteiger partial charge is 0.307 e. The molecule has 1 aromatic carbocycles. The number of rotatable bonds is 7. The van der Waals surface area contributed by atoms with Gasteiger partial charge in [0.05, 0.1) is 6.42 Å². The number of carbonyl (C=O) groups is 1. The maximum Gasteiger partial charge on any atom is 0.307 e.